The number of hydrogen-bond acceptors (Lipinski definition) is 5. The smallest absolute Gasteiger partial charge is 0.306 e. The summed E-state index contributed by atoms with van der Waals surface area (Å²) in [6.45, 7) is 5.06. The van der Waals surface area contributed by atoms with E-state index in [2.05, 4.69) is 29.8 Å². The van der Waals surface area contributed by atoms with E-state index in [0.29, 0.717) is 23.5 Å². The van der Waals surface area contributed by atoms with Gasteiger partial charge in [0.15, 0.2) is 0 Å². The lowest BCUT2D eigenvalue weighted by Gasteiger charge is -2.53. The number of rotatable bonds is 5. The first kappa shape index (κ1) is 18.6. The molecule has 3 atom stereocenters. The maximum atomic E-state index is 12.4. The molecule has 144 valence electrons. The highest BCUT2D eigenvalue weighted by Crippen LogP contribution is 2.53. The SMILES string of the molecule is CC1(C)[C@@H]2OCC[C@H]2[C@H]1OC(=O)CCCN1C(=O)c2ccc(Br)cc2C1=O. The van der Waals surface area contributed by atoms with E-state index in [0.717, 1.165) is 17.5 Å². The van der Waals surface area contributed by atoms with Crippen LogP contribution in [0.2, 0.25) is 0 Å². The number of imide groups is 1. The summed E-state index contributed by atoms with van der Waals surface area (Å²) in [5.74, 6) is -0.603. The van der Waals surface area contributed by atoms with Gasteiger partial charge in [0.05, 0.1) is 17.2 Å². The molecule has 0 spiro atoms. The van der Waals surface area contributed by atoms with E-state index in [1.54, 1.807) is 18.2 Å². The molecule has 0 unspecified atom stereocenters. The molecule has 2 heterocycles. The van der Waals surface area contributed by atoms with E-state index >= 15 is 0 Å². The molecule has 1 aromatic carbocycles. The number of benzene rings is 1. The third kappa shape index (κ3) is 3.01. The summed E-state index contributed by atoms with van der Waals surface area (Å²) in [6, 6.07) is 5.04. The molecular weight excluding hydrogens is 414 g/mol. The molecule has 0 bridgehead atoms. The quantitative estimate of drug-likeness (QED) is 0.524. The van der Waals surface area contributed by atoms with Crippen LogP contribution in [-0.4, -0.2) is 48.0 Å². The molecule has 0 aromatic heterocycles. The predicted molar refractivity (Wildman–Crippen MR) is 100 cm³/mol. The van der Waals surface area contributed by atoms with Crippen molar-refractivity contribution in [2.24, 2.45) is 11.3 Å². The zero-order chi connectivity index (χ0) is 19.3. The maximum absolute atomic E-state index is 12.4. The van der Waals surface area contributed by atoms with Gasteiger partial charge < -0.3 is 9.47 Å². The minimum atomic E-state index is -0.310. The van der Waals surface area contributed by atoms with Crippen molar-refractivity contribution >= 4 is 33.7 Å². The highest BCUT2D eigenvalue weighted by molar-refractivity contribution is 9.10. The van der Waals surface area contributed by atoms with Gasteiger partial charge in [0.2, 0.25) is 0 Å². The van der Waals surface area contributed by atoms with Crippen molar-refractivity contribution in [1.82, 2.24) is 4.90 Å². The molecule has 3 aliphatic rings. The van der Waals surface area contributed by atoms with Crippen molar-refractivity contribution in [3.05, 3.63) is 33.8 Å². The van der Waals surface area contributed by atoms with Gasteiger partial charge in [-0.15, -0.1) is 0 Å². The summed E-state index contributed by atoms with van der Waals surface area (Å²) in [4.78, 5) is 38.3. The Morgan fingerprint density at radius 3 is 2.81 bits per heavy atom. The average molecular weight is 436 g/mol. The summed E-state index contributed by atoms with van der Waals surface area (Å²) < 4.78 is 12.2. The maximum Gasteiger partial charge on any atom is 0.306 e. The second-order valence-electron chi connectivity index (χ2n) is 8.03. The summed E-state index contributed by atoms with van der Waals surface area (Å²) in [6.07, 6.45) is 1.56. The number of fused-ring (bicyclic) bond motifs is 2. The molecule has 1 aromatic rings. The van der Waals surface area contributed by atoms with Crippen LogP contribution >= 0.6 is 15.9 Å². The first-order valence-electron chi connectivity index (χ1n) is 9.27. The fourth-order valence-electron chi connectivity index (χ4n) is 4.57. The second-order valence-corrected chi connectivity index (χ2v) is 8.95. The number of ether oxygens (including phenoxy) is 2. The number of halogens is 1. The summed E-state index contributed by atoms with van der Waals surface area (Å²) in [7, 11) is 0. The molecule has 0 radical (unpaired) electrons. The van der Waals surface area contributed by atoms with Crippen LogP contribution in [0.15, 0.2) is 22.7 Å². The Morgan fingerprint density at radius 1 is 1.30 bits per heavy atom. The van der Waals surface area contributed by atoms with Crippen LogP contribution in [0, 0.1) is 11.3 Å². The predicted octanol–water partition coefficient (Wildman–Crippen LogP) is 3.18. The monoisotopic (exact) mass is 435 g/mol. The van der Waals surface area contributed by atoms with Gasteiger partial charge in [-0.05, 0) is 31.0 Å². The van der Waals surface area contributed by atoms with Crippen LogP contribution in [0.4, 0.5) is 0 Å². The van der Waals surface area contributed by atoms with Gasteiger partial charge in [0.1, 0.15) is 6.10 Å². The fourth-order valence-corrected chi connectivity index (χ4v) is 4.93. The largest absolute Gasteiger partial charge is 0.461 e. The number of carbonyl (C=O) groups is 3. The van der Waals surface area contributed by atoms with Crippen molar-refractivity contribution in [3.63, 3.8) is 0 Å². The van der Waals surface area contributed by atoms with Crippen LogP contribution in [-0.2, 0) is 14.3 Å². The number of esters is 1. The minimum Gasteiger partial charge on any atom is -0.461 e. The third-order valence-electron chi connectivity index (χ3n) is 5.95. The summed E-state index contributed by atoms with van der Waals surface area (Å²) in [5.41, 5.74) is 0.655. The van der Waals surface area contributed by atoms with E-state index in [1.165, 1.54) is 4.90 Å². The number of amides is 2. The average Bonchev–Trinajstić information content (AvgIpc) is 3.17. The van der Waals surface area contributed by atoms with Crippen molar-refractivity contribution in [2.75, 3.05) is 13.2 Å². The van der Waals surface area contributed by atoms with E-state index in [-0.39, 0.29) is 48.4 Å². The zero-order valence-corrected chi connectivity index (χ0v) is 17.0. The Hall–Kier alpha value is -1.73. The van der Waals surface area contributed by atoms with Gasteiger partial charge in [0, 0.05) is 35.4 Å². The Bertz CT molecular complexity index is 821. The minimum absolute atomic E-state index is 0.117. The topological polar surface area (TPSA) is 72.9 Å². The number of hydrogen-bond donors (Lipinski definition) is 0. The first-order chi connectivity index (χ1) is 12.8. The normalized spacial score (nSPS) is 28.0. The standard InChI is InChI=1S/C20H22BrNO5/c1-20(2)16-13(7-9-26-16)17(20)27-15(23)4-3-8-22-18(24)12-6-5-11(21)10-14(12)19(22)25/h5-6,10,13,16-17H,3-4,7-9H2,1-2H3/t13-,16-,17-/m1/s1. The van der Waals surface area contributed by atoms with E-state index < -0.39 is 0 Å². The lowest BCUT2D eigenvalue weighted by atomic mass is 9.59. The lowest BCUT2D eigenvalue weighted by Crippen LogP contribution is -2.61. The number of carbonyl (C=O) groups excluding carboxylic acids is 3. The van der Waals surface area contributed by atoms with Crippen molar-refractivity contribution < 1.29 is 23.9 Å². The van der Waals surface area contributed by atoms with Crippen molar-refractivity contribution in [1.29, 1.82) is 0 Å². The molecule has 2 amide bonds. The highest BCUT2D eigenvalue weighted by atomic mass is 79.9. The van der Waals surface area contributed by atoms with Crippen LogP contribution in [0.3, 0.4) is 0 Å². The van der Waals surface area contributed by atoms with Crippen LogP contribution in [0.5, 0.6) is 0 Å². The van der Waals surface area contributed by atoms with Crippen LogP contribution in [0.25, 0.3) is 0 Å². The molecule has 7 heteroatoms. The van der Waals surface area contributed by atoms with Gasteiger partial charge >= 0.3 is 5.97 Å². The fraction of sp³-hybridized carbons (Fsp3) is 0.550. The Kier molecular flexibility index (Phi) is 4.63. The van der Waals surface area contributed by atoms with Crippen molar-refractivity contribution in [2.45, 2.75) is 45.3 Å². The second kappa shape index (κ2) is 6.71. The first-order valence-corrected chi connectivity index (χ1v) is 10.1. The van der Waals surface area contributed by atoms with E-state index in [9.17, 15) is 14.4 Å². The highest BCUT2D eigenvalue weighted by Gasteiger charge is 2.61. The molecule has 2 aliphatic heterocycles. The van der Waals surface area contributed by atoms with Crippen LogP contribution < -0.4 is 0 Å². The third-order valence-corrected chi connectivity index (χ3v) is 6.44. The van der Waals surface area contributed by atoms with E-state index in [4.69, 9.17) is 9.47 Å². The van der Waals surface area contributed by atoms with Crippen molar-refractivity contribution in [3.8, 4) is 0 Å². The molecule has 6 nitrogen and oxygen atoms in total. The molecule has 0 N–H and O–H groups in total. The molecule has 1 saturated carbocycles. The van der Waals surface area contributed by atoms with Gasteiger partial charge in [-0.2, -0.15) is 0 Å². The van der Waals surface area contributed by atoms with Crippen LogP contribution in [0.1, 0.15) is 53.8 Å². The Labute approximate surface area is 166 Å². The summed E-state index contributed by atoms with van der Waals surface area (Å²) >= 11 is 3.32. The molecule has 2 fully saturated rings. The molecule has 27 heavy (non-hydrogen) atoms. The molecular formula is C20H22BrNO5. The Balaban J connectivity index is 1.30. The number of nitrogens with zero attached hydrogens (tertiary/aromatic N) is 1. The van der Waals surface area contributed by atoms with Gasteiger partial charge in [-0.3, -0.25) is 19.3 Å². The zero-order valence-electron chi connectivity index (χ0n) is 15.4. The van der Waals surface area contributed by atoms with Gasteiger partial charge in [-0.1, -0.05) is 29.8 Å². The molecule has 1 aliphatic carbocycles. The lowest BCUT2D eigenvalue weighted by molar-refractivity contribution is -0.210. The van der Waals surface area contributed by atoms with Gasteiger partial charge in [-0.25, -0.2) is 0 Å². The molecule has 1 saturated heterocycles. The van der Waals surface area contributed by atoms with E-state index in [1.807, 2.05) is 0 Å². The summed E-state index contributed by atoms with van der Waals surface area (Å²) in [5, 5.41) is 0. The Morgan fingerprint density at radius 2 is 2.04 bits per heavy atom. The molecule has 4 rings (SSSR count). The van der Waals surface area contributed by atoms with Gasteiger partial charge in [0.25, 0.3) is 11.8 Å².